The third-order valence-electron chi connectivity index (χ3n) is 5.03. The second kappa shape index (κ2) is 8.81. The van der Waals surface area contributed by atoms with E-state index >= 15 is 0 Å². The number of carbonyl (C=O) groups is 1. The second-order valence-electron chi connectivity index (χ2n) is 7.01. The minimum absolute atomic E-state index is 0.00452. The summed E-state index contributed by atoms with van der Waals surface area (Å²) >= 11 is 12.5. The Bertz CT molecular complexity index is 1100. The van der Waals surface area contributed by atoms with Gasteiger partial charge >= 0.3 is 0 Å². The molecule has 1 N–H and O–H groups in total. The Morgan fingerprint density at radius 3 is 2.66 bits per heavy atom. The fraction of sp³-hybridized carbons (Fsp3) is 0.333. The number of amides is 1. The van der Waals surface area contributed by atoms with Crippen LogP contribution in [0.5, 0.6) is 0 Å². The second-order valence-corrected chi connectivity index (χ2v) is 7.82. The van der Waals surface area contributed by atoms with Gasteiger partial charge in [-0.2, -0.15) is 10.4 Å². The molecule has 3 rings (SSSR count). The van der Waals surface area contributed by atoms with Gasteiger partial charge in [0, 0.05) is 40.3 Å². The number of carbonyl (C=O) groups excluding carboxylic acids is 1. The molecule has 1 unspecified atom stereocenters. The van der Waals surface area contributed by atoms with Crippen molar-refractivity contribution in [3.63, 3.8) is 0 Å². The molecule has 1 amide bonds. The number of fused-ring (bicyclic) bond motifs is 1. The van der Waals surface area contributed by atoms with Crippen LogP contribution in [0.25, 0.3) is 5.65 Å². The molecule has 0 aliphatic carbocycles. The van der Waals surface area contributed by atoms with E-state index in [1.54, 1.807) is 22.7 Å². The molecule has 6 nitrogen and oxygen atoms in total. The molecule has 29 heavy (non-hydrogen) atoms. The zero-order valence-electron chi connectivity index (χ0n) is 16.5. The third-order valence-corrected chi connectivity index (χ3v) is 5.69. The lowest BCUT2D eigenvalue weighted by atomic mass is 10.0. The van der Waals surface area contributed by atoms with Crippen molar-refractivity contribution < 1.29 is 4.79 Å². The van der Waals surface area contributed by atoms with Crippen molar-refractivity contribution in [3.05, 3.63) is 62.5 Å². The first-order chi connectivity index (χ1) is 13.8. The van der Waals surface area contributed by atoms with E-state index in [0.717, 1.165) is 22.5 Å². The highest BCUT2D eigenvalue weighted by Crippen LogP contribution is 2.31. The maximum atomic E-state index is 12.4. The minimum Gasteiger partial charge on any atom is -0.355 e. The molecule has 0 bridgehead atoms. The molecule has 150 valence electrons. The number of rotatable bonds is 6. The van der Waals surface area contributed by atoms with Crippen LogP contribution in [0, 0.1) is 25.2 Å². The Labute approximate surface area is 179 Å². The van der Waals surface area contributed by atoms with E-state index in [9.17, 15) is 4.79 Å². The highest BCUT2D eigenvalue weighted by molar-refractivity contribution is 6.36. The van der Waals surface area contributed by atoms with Crippen LogP contribution >= 0.6 is 23.2 Å². The number of hydrogen-bond donors (Lipinski definition) is 1. The average Bonchev–Trinajstić information content (AvgIpc) is 3.09. The number of benzene rings is 1. The molecule has 2 heterocycles. The third kappa shape index (κ3) is 4.36. The lowest BCUT2D eigenvalue weighted by Crippen LogP contribution is -2.28. The highest BCUT2D eigenvalue weighted by atomic mass is 35.5. The van der Waals surface area contributed by atoms with Gasteiger partial charge in [0.2, 0.25) is 5.91 Å². The van der Waals surface area contributed by atoms with Crippen LogP contribution in [0.4, 0.5) is 0 Å². The van der Waals surface area contributed by atoms with Crippen molar-refractivity contribution in [1.82, 2.24) is 19.9 Å². The van der Waals surface area contributed by atoms with Crippen molar-refractivity contribution in [3.8, 4) is 6.07 Å². The highest BCUT2D eigenvalue weighted by Gasteiger charge is 2.17. The van der Waals surface area contributed by atoms with Gasteiger partial charge in [-0.15, -0.1) is 0 Å². The number of nitriles is 1. The molecule has 0 aliphatic heterocycles. The summed E-state index contributed by atoms with van der Waals surface area (Å²) < 4.78 is 1.65. The summed E-state index contributed by atoms with van der Waals surface area (Å²) in [5, 5.41) is 17.5. The summed E-state index contributed by atoms with van der Waals surface area (Å²) in [7, 11) is 0. The SMILES string of the molecule is Cc1nc2c(C#N)cnn2c(C)c1CCC(=O)NCC(C)c1c(Cl)cccc1Cl. The molecule has 1 aromatic carbocycles. The topological polar surface area (TPSA) is 83.1 Å². The van der Waals surface area contributed by atoms with E-state index in [4.69, 9.17) is 28.5 Å². The van der Waals surface area contributed by atoms with Gasteiger partial charge in [-0.3, -0.25) is 4.79 Å². The van der Waals surface area contributed by atoms with Gasteiger partial charge < -0.3 is 5.32 Å². The lowest BCUT2D eigenvalue weighted by Gasteiger charge is -2.16. The zero-order chi connectivity index (χ0) is 21.1. The van der Waals surface area contributed by atoms with E-state index in [2.05, 4.69) is 21.5 Å². The monoisotopic (exact) mass is 429 g/mol. The van der Waals surface area contributed by atoms with Gasteiger partial charge in [0.05, 0.1) is 6.20 Å². The fourth-order valence-corrected chi connectivity index (χ4v) is 4.20. The lowest BCUT2D eigenvalue weighted by molar-refractivity contribution is -0.121. The maximum Gasteiger partial charge on any atom is 0.220 e. The molecule has 0 spiro atoms. The van der Waals surface area contributed by atoms with Gasteiger partial charge in [0.25, 0.3) is 0 Å². The predicted molar refractivity (Wildman–Crippen MR) is 113 cm³/mol. The fourth-order valence-electron chi connectivity index (χ4n) is 3.43. The summed E-state index contributed by atoms with van der Waals surface area (Å²) in [5.74, 6) is -0.0628. The van der Waals surface area contributed by atoms with Crippen molar-refractivity contribution in [1.29, 1.82) is 5.26 Å². The van der Waals surface area contributed by atoms with Gasteiger partial charge in [0.15, 0.2) is 5.65 Å². The molecule has 0 fully saturated rings. The van der Waals surface area contributed by atoms with Gasteiger partial charge in [-0.1, -0.05) is 36.2 Å². The van der Waals surface area contributed by atoms with E-state index in [1.165, 1.54) is 6.20 Å². The van der Waals surface area contributed by atoms with Crippen LogP contribution in [0.1, 0.15) is 47.3 Å². The number of aromatic nitrogens is 3. The Balaban J connectivity index is 1.65. The standard InChI is InChI=1S/C21H21Cl2N5O/c1-12(20-17(22)5-4-6-18(20)23)10-25-19(29)8-7-16-13(2)27-21-15(9-24)11-26-28(21)14(16)3/h4-6,11-12H,7-8,10H2,1-3H3,(H,25,29). The largest absolute Gasteiger partial charge is 0.355 e. The molecule has 1 atom stereocenters. The molecule has 0 saturated carbocycles. The van der Waals surface area contributed by atoms with Crippen LogP contribution in [0.3, 0.4) is 0 Å². The van der Waals surface area contributed by atoms with Crippen molar-refractivity contribution in [2.75, 3.05) is 6.54 Å². The van der Waals surface area contributed by atoms with Gasteiger partial charge in [0.1, 0.15) is 11.6 Å². The molecule has 8 heteroatoms. The molecule has 0 saturated heterocycles. The number of hydrogen-bond acceptors (Lipinski definition) is 4. The van der Waals surface area contributed by atoms with E-state index < -0.39 is 0 Å². The zero-order valence-corrected chi connectivity index (χ0v) is 18.0. The van der Waals surface area contributed by atoms with Gasteiger partial charge in [-0.25, -0.2) is 9.50 Å². The minimum atomic E-state index is -0.0582. The molecule has 2 aromatic heterocycles. The van der Waals surface area contributed by atoms with Crippen molar-refractivity contribution in [2.45, 2.75) is 39.5 Å². The Morgan fingerprint density at radius 2 is 2.00 bits per heavy atom. The summed E-state index contributed by atoms with van der Waals surface area (Å²) in [4.78, 5) is 16.9. The van der Waals surface area contributed by atoms with Crippen LogP contribution in [0.15, 0.2) is 24.4 Å². The average molecular weight is 430 g/mol. The summed E-state index contributed by atoms with van der Waals surface area (Å²) in [6.45, 7) is 6.23. The first-order valence-corrected chi connectivity index (χ1v) is 10.0. The number of aryl methyl sites for hydroxylation is 2. The smallest absolute Gasteiger partial charge is 0.220 e. The van der Waals surface area contributed by atoms with Crippen molar-refractivity contribution >= 4 is 34.8 Å². The molecular weight excluding hydrogens is 409 g/mol. The van der Waals surface area contributed by atoms with Crippen LogP contribution in [-0.2, 0) is 11.2 Å². The van der Waals surface area contributed by atoms with E-state index in [1.807, 2.05) is 20.8 Å². The Hall–Kier alpha value is -2.62. The van der Waals surface area contributed by atoms with Crippen LogP contribution in [0.2, 0.25) is 10.0 Å². The predicted octanol–water partition coefficient (Wildman–Crippen LogP) is 4.38. The first-order valence-electron chi connectivity index (χ1n) is 9.28. The van der Waals surface area contributed by atoms with E-state index in [0.29, 0.717) is 40.6 Å². The Kier molecular flexibility index (Phi) is 6.41. The molecular formula is C21H21Cl2N5O. The maximum absolute atomic E-state index is 12.4. The van der Waals surface area contributed by atoms with E-state index in [-0.39, 0.29) is 11.8 Å². The summed E-state index contributed by atoms with van der Waals surface area (Å²) in [6, 6.07) is 7.48. The molecule has 3 aromatic rings. The number of nitrogens with zero attached hydrogens (tertiary/aromatic N) is 4. The molecule has 0 radical (unpaired) electrons. The quantitative estimate of drug-likeness (QED) is 0.629. The summed E-state index contributed by atoms with van der Waals surface area (Å²) in [5.41, 5.74) is 4.47. The van der Waals surface area contributed by atoms with Gasteiger partial charge in [-0.05, 0) is 43.5 Å². The number of halogens is 2. The first kappa shape index (κ1) is 21.1. The van der Waals surface area contributed by atoms with Crippen LogP contribution < -0.4 is 5.32 Å². The van der Waals surface area contributed by atoms with Crippen molar-refractivity contribution in [2.24, 2.45) is 0 Å². The Morgan fingerprint density at radius 1 is 1.31 bits per heavy atom. The number of nitrogens with one attached hydrogen (secondary N) is 1. The molecule has 0 aliphatic rings. The van der Waals surface area contributed by atoms with Crippen LogP contribution in [-0.4, -0.2) is 27.0 Å². The summed E-state index contributed by atoms with van der Waals surface area (Å²) in [6.07, 6.45) is 2.37. The normalized spacial score (nSPS) is 12.0.